The standard InChI is InChI=1S/C20H19N7/c1-2-5-14(6-3-1)13-27-10-8-16-17-18(26-25-16)23-20(24-19(17)27)22-12-15-7-4-9-21-11-15/h1-7,9,11H,8,10,12-13H2,(H2,22,23,24,25,26). The van der Waals surface area contributed by atoms with Crippen LogP contribution < -0.4 is 10.2 Å². The van der Waals surface area contributed by atoms with Gasteiger partial charge in [-0.2, -0.15) is 15.1 Å². The van der Waals surface area contributed by atoms with Crippen LogP contribution in [0, 0.1) is 0 Å². The highest BCUT2D eigenvalue weighted by atomic mass is 15.3. The lowest BCUT2D eigenvalue weighted by Gasteiger charge is -2.28. The van der Waals surface area contributed by atoms with Crippen molar-refractivity contribution >= 4 is 22.8 Å². The Hall–Kier alpha value is -3.48. The molecule has 3 aromatic heterocycles. The van der Waals surface area contributed by atoms with E-state index in [4.69, 9.17) is 4.98 Å². The number of aromatic amines is 1. The molecule has 134 valence electrons. The third-order valence-electron chi connectivity index (χ3n) is 4.78. The molecule has 7 nitrogen and oxygen atoms in total. The third kappa shape index (κ3) is 3.08. The van der Waals surface area contributed by atoms with E-state index in [0.29, 0.717) is 12.5 Å². The van der Waals surface area contributed by atoms with Crippen LogP contribution in [0.25, 0.3) is 11.0 Å². The zero-order chi connectivity index (χ0) is 18.1. The van der Waals surface area contributed by atoms with Gasteiger partial charge in [0.05, 0.1) is 11.1 Å². The monoisotopic (exact) mass is 357 g/mol. The lowest BCUT2D eigenvalue weighted by Crippen LogP contribution is -2.29. The predicted octanol–water partition coefficient (Wildman–Crippen LogP) is 2.92. The van der Waals surface area contributed by atoms with Crippen LogP contribution in [0.3, 0.4) is 0 Å². The SMILES string of the molecule is c1ccc(CN2CCc3n[nH]c4nc(NCc5cccnc5)nc2c34)cc1. The van der Waals surface area contributed by atoms with E-state index in [1.165, 1.54) is 5.56 Å². The normalized spacial score (nSPS) is 13.1. The highest BCUT2D eigenvalue weighted by Crippen LogP contribution is 2.32. The maximum atomic E-state index is 4.82. The van der Waals surface area contributed by atoms with E-state index < -0.39 is 0 Å². The van der Waals surface area contributed by atoms with Crippen molar-refractivity contribution in [2.45, 2.75) is 19.5 Å². The number of aromatic nitrogens is 5. The van der Waals surface area contributed by atoms with Gasteiger partial charge in [-0.3, -0.25) is 10.1 Å². The molecule has 0 bridgehead atoms. The van der Waals surface area contributed by atoms with Gasteiger partial charge in [-0.05, 0) is 17.2 Å². The van der Waals surface area contributed by atoms with Gasteiger partial charge in [-0.15, -0.1) is 0 Å². The number of H-pyrrole nitrogens is 1. The molecule has 1 aliphatic rings. The van der Waals surface area contributed by atoms with Crippen molar-refractivity contribution in [3.8, 4) is 0 Å². The minimum absolute atomic E-state index is 0.594. The average molecular weight is 357 g/mol. The second-order valence-electron chi connectivity index (χ2n) is 6.64. The number of rotatable bonds is 5. The third-order valence-corrected chi connectivity index (χ3v) is 4.78. The molecule has 0 aliphatic carbocycles. The van der Waals surface area contributed by atoms with E-state index in [0.717, 1.165) is 47.6 Å². The number of hydrogen-bond donors (Lipinski definition) is 2. The Labute approximate surface area is 156 Å². The van der Waals surface area contributed by atoms with Crippen LogP contribution in [0.4, 0.5) is 11.8 Å². The zero-order valence-corrected chi connectivity index (χ0v) is 14.8. The van der Waals surface area contributed by atoms with Gasteiger partial charge >= 0.3 is 0 Å². The first-order valence-electron chi connectivity index (χ1n) is 9.03. The minimum Gasteiger partial charge on any atom is -0.351 e. The maximum absolute atomic E-state index is 4.82. The summed E-state index contributed by atoms with van der Waals surface area (Å²) in [5.41, 5.74) is 4.17. The topological polar surface area (TPSA) is 82.6 Å². The molecule has 0 saturated carbocycles. The molecule has 27 heavy (non-hydrogen) atoms. The van der Waals surface area contributed by atoms with Crippen LogP contribution in [-0.4, -0.2) is 31.7 Å². The van der Waals surface area contributed by atoms with E-state index in [-0.39, 0.29) is 0 Å². The highest BCUT2D eigenvalue weighted by molar-refractivity contribution is 5.91. The lowest BCUT2D eigenvalue weighted by molar-refractivity contribution is 0.747. The minimum atomic E-state index is 0.594. The first-order valence-corrected chi connectivity index (χ1v) is 9.03. The number of pyridine rings is 1. The number of anilines is 2. The summed E-state index contributed by atoms with van der Waals surface area (Å²) in [6, 6.07) is 14.4. The lowest BCUT2D eigenvalue weighted by atomic mass is 10.1. The molecule has 4 aromatic rings. The van der Waals surface area contributed by atoms with Crippen LogP contribution in [-0.2, 0) is 19.5 Å². The van der Waals surface area contributed by atoms with Crippen molar-refractivity contribution in [3.05, 3.63) is 71.7 Å². The Morgan fingerprint density at radius 1 is 1.04 bits per heavy atom. The first kappa shape index (κ1) is 15.7. The first-order chi connectivity index (χ1) is 13.4. The van der Waals surface area contributed by atoms with E-state index in [2.05, 4.69) is 54.6 Å². The van der Waals surface area contributed by atoms with Gasteiger partial charge in [-0.25, -0.2) is 0 Å². The number of benzene rings is 1. The second kappa shape index (κ2) is 6.68. The van der Waals surface area contributed by atoms with Gasteiger partial charge in [0.1, 0.15) is 5.82 Å². The van der Waals surface area contributed by atoms with Crippen LogP contribution in [0.2, 0.25) is 0 Å². The summed E-state index contributed by atoms with van der Waals surface area (Å²) in [5, 5.41) is 11.8. The van der Waals surface area contributed by atoms with E-state index in [1.54, 1.807) is 6.20 Å². The molecule has 0 saturated heterocycles. The molecule has 2 N–H and O–H groups in total. The Kier molecular flexibility index (Phi) is 3.90. The van der Waals surface area contributed by atoms with Crippen molar-refractivity contribution < 1.29 is 0 Å². The molecule has 0 atom stereocenters. The summed E-state index contributed by atoms with van der Waals surface area (Å²) in [5.74, 6) is 1.53. The quantitative estimate of drug-likeness (QED) is 0.571. The van der Waals surface area contributed by atoms with Gasteiger partial charge in [0.2, 0.25) is 5.95 Å². The van der Waals surface area contributed by atoms with Crippen molar-refractivity contribution in [1.29, 1.82) is 0 Å². The molecule has 0 fully saturated rings. The summed E-state index contributed by atoms with van der Waals surface area (Å²) in [6.45, 7) is 2.33. The van der Waals surface area contributed by atoms with Crippen LogP contribution in [0.1, 0.15) is 16.8 Å². The number of hydrogen-bond acceptors (Lipinski definition) is 6. The summed E-state index contributed by atoms with van der Waals surface area (Å²) in [7, 11) is 0. The largest absolute Gasteiger partial charge is 0.351 e. The van der Waals surface area contributed by atoms with Crippen molar-refractivity contribution in [1.82, 2.24) is 25.1 Å². The highest BCUT2D eigenvalue weighted by Gasteiger charge is 2.24. The number of nitrogens with one attached hydrogen (secondary N) is 2. The molecular formula is C20H19N7. The van der Waals surface area contributed by atoms with Gasteiger partial charge in [-0.1, -0.05) is 36.4 Å². The van der Waals surface area contributed by atoms with Gasteiger partial charge in [0.25, 0.3) is 0 Å². The zero-order valence-electron chi connectivity index (χ0n) is 14.8. The van der Waals surface area contributed by atoms with Gasteiger partial charge < -0.3 is 10.2 Å². The molecule has 5 rings (SSSR count). The molecule has 4 heterocycles. The Balaban J connectivity index is 1.47. The summed E-state index contributed by atoms with van der Waals surface area (Å²) >= 11 is 0. The Morgan fingerprint density at radius 2 is 1.93 bits per heavy atom. The predicted molar refractivity (Wildman–Crippen MR) is 104 cm³/mol. The van der Waals surface area contributed by atoms with E-state index in [1.807, 2.05) is 24.4 Å². The molecule has 1 aliphatic heterocycles. The van der Waals surface area contributed by atoms with Gasteiger partial charge in [0.15, 0.2) is 5.65 Å². The van der Waals surface area contributed by atoms with E-state index >= 15 is 0 Å². The summed E-state index contributed by atoms with van der Waals surface area (Å²) < 4.78 is 0. The molecule has 1 aromatic carbocycles. The molecule has 0 amide bonds. The number of nitrogens with zero attached hydrogens (tertiary/aromatic N) is 5. The molecule has 0 unspecified atom stereocenters. The van der Waals surface area contributed by atoms with Crippen molar-refractivity contribution in [2.24, 2.45) is 0 Å². The fourth-order valence-electron chi connectivity index (χ4n) is 3.45. The molecule has 0 spiro atoms. The fourth-order valence-corrected chi connectivity index (χ4v) is 3.45. The average Bonchev–Trinajstić information content (AvgIpc) is 3.14. The fraction of sp³-hybridized carbons (Fsp3) is 0.200. The smallest absolute Gasteiger partial charge is 0.226 e. The van der Waals surface area contributed by atoms with Crippen molar-refractivity contribution in [3.63, 3.8) is 0 Å². The van der Waals surface area contributed by atoms with Crippen LogP contribution in [0.15, 0.2) is 54.9 Å². The Bertz CT molecular complexity index is 1060. The molecular weight excluding hydrogens is 338 g/mol. The maximum Gasteiger partial charge on any atom is 0.226 e. The summed E-state index contributed by atoms with van der Waals surface area (Å²) in [4.78, 5) is 15.9. The molecule has 7 heteroatoms. The van der Waals surface area contributed by atoms with Gasteiger partial charge in [0, 0.05) is 38.4 Å². The van der Waals surface area contributed by atoms with E-state index in [9.17, 15) is 0 Å². The van der Waals surface area contributed by atoms with Crippen molar-refractivity contribution in [2.75, 3.05) is 16.8 Å². The molecule has 0 radical (unpaired) electrons. The van der Waals surface area contributed by atoms with Crippen LogP contribution in [0.5, 0.6) is 0 Å². The summed E-state index contributed by atoms with van der Waals surface area (Å²) in [6.07, 6.45) is 4.50. The van der Waals surface area contributed by atoms with Crippen LogP contribution >= 0.6 is 0 Å². The Morgan fingerprint density at radius 3 is 2.78 bits per heavy atom. The second-order valence-corrected chi connectivity index (χ2v) is 6.64.